The van der Waals surface area contributed by atoms with E-state index in [1.165, 1.54) is 0 Å². The van der Waals surface area contributed by atoms with Crippen LogP contribution in [0, 0.1) is 16.0 Å². The standard InChI is InChI=1S/C10H16N6O3/c11-15-10-12-4-8(16(18)19)9(14-10)13-7-3-1-2-6(7)5-17/h4,6-7,17H,1-3,5,11H2,(H2,12,13,14,15). The van der Waals surface area contributed by atoms with Gasteiger partial charge in [0, 0.05) is 18.6 Å². The largest absolute Gasteiger partial charge is 0.396 e. The molecule has 0 aromatic carbocycles. The molecule has 1 aliphatic carbocycles. The van der Waals surface area contributed by atoms with E-state index in [9.17, 15) is 15.2 Å². The van der Waals surface area contributed by atoms with Crippen molar-refractivity contribution >= 4 is 17.5 Å². The normalized spacial score (nSPS) is 22.2. The van der Waals surface area contributed by atoms with E-state index in [4.69, 9.17) is 5.84 Å². The molecule has 9 nitrogen and oxygen atoms in total. The van der Waals surface area contributed by atoms with Gasteiger partial charge in [0.05, 0.1) is 4.92 Å². The predicted molar refractivity (Wildman–Crippen MR) is 68.3 cm³/mol. The van der Waals surface area contributed by atoms with Crippen molar-refractivity contribution < 1.29 is 10.0 Å². The zero-order valence-corrected chi connectivity index (χ0v) is 10.2. The minimum atomic E-state index is -0.550. The van der Waals surface area contributed by atoms with Crippen LogP contribution in [0.25, 0.3) is 0 Å². The summed E-state index contributed by atoms with van der Waals surface area (Å²) in [6, 6.07) is -0.0239. The molecule has 19 heavy (non-hydrogen) atoms. The molecule has 5 N–H and O–H groups in total. The first-order valence-electron chi connectivity index (χ1n) is 6.01. The summed E-state index contributed by atoms with van der Waals surface area (Å²) in [6.07, 6.45) is 3.82. The lowest BCUT2D eigenvalue weighted by Crippen LogP contribution is -2.27. The number of nitrogens with zero attached hydrogens (tertiary/aromatic N) is 3. The van der Waals surface area contributed by atoms with E-state index in [1.54, 1.807) is 0 Å². The smallest absolute Gasteiger partial charge is 0.329 e. The zero-order valence-electron chi connectivity index (χ0n) is 10.2. The Balaban J connectivity index is 2.24. The van der Waals surface area contributed by atoms with E-state index < -0.39 is 4.92 Å². The van der Waals surface area contributed by atoms with Crippen molar-refractivity contribution in [2.24, 2.45) is 11.8 Å². The molecule has 1 aromatic heterocycles. The monoisotopic (exact) mass is 268 g/mol. The van der Waals surface area contributed by atoms with Gasteiger partial charge in [0.15, 0.2) is 0 Å². The van der Waals surface area contributed by atoms with Crippen LogP contribution in [0.3, 0.4) is 0 Å². The molecule has 2 rings (SSSR count). The van der Waals surface area contributed by atoms with Crippen LogP contribution in [0.1, 0.15) is 19.3 Å². The minimum Gasteiger partial charge on any atom is -0.396 e. The number of hydrogen-bond donors (Lipinski definition) is 4. The second-order valence-electron chi connectivity index (χ2n) is 4.45. The Morgan fingerprint density at radius 1 is 1.58 bits per heavy atom. The van der Waals surface area contributed by atoms with Gasteiger partial charge < -0.3 is 10.4 Å². The van der Waals surface area contributed by atoms with E-state index in [2.05, 4.69) is 20.7 Å². The summed E-state index contributed by atoms with van der Waals surface area (Å²) in [5.41, 5.74) is 2.04. The molecular weight excluding hydrogens is 252 g/mol. The first-order valence-corrected chi connectivity index (χ1v) is 6.01. The van der Waals surface area contributed by atoms with Gasteiger partial charge in [-0.3, -0.25) is 15.5 Å². The third-order valence-corrected chi connectivity index (χ3v) is 3.31. The molecule has 1 aliphatic rings. The average molecular weight is 268 g/mol. The van der Waals surface area contributed by atoms with E-state index in [0.29, 0.717) is 0 Å². The summed E-state index contributed by atoms with van der Waals surface area (Å²) in [6.45, 7) is 0.0541. The highest BCUT2D eigenvalue weighted by molar-refractivity contribution is 5.57. The highest BCUT2D eigenvalue weighted by atomic mass is 16.6. The Hall–Kier alpha value is -2.00. The van der Waals surface area contributed by atoms with Crippen LogP contribution in [0.2, 0.25) is 0 Å². The van der Waals surface area contributed by atoms with Gasteiger partial charge in [-0.1, -0.05) is 6.42 Å². The Kier molecular flexibility index (Phi) is 4.07. The van der Waals surface area contributed by atoms with Crippen molar-refractivity contribution in [2.45, 2.75) is 25.3 Å². The lowest BCUT2D eigenvalue weighted by molar-refractivity contribution is -0.384. The fourth-order valence-corrected chi connectivity index (χ4v) is 2.31. The number of nitrogens with two attached hydrogens (primary N) is 1. The van der Waals surface area contributed by atoms with E-state index >= 15 is 0 Å². The van der Waals surface area contributed by atoms with Crippen molar-refractivity contribution in [3.63, 3.8) is 0 Å². The number of nitro groups is 1. The Morgan fingerprint density at radius 3 is 3.00 bits per heavy atom. The fourth-order valence-electron chi connectivity index (χ4n) is 2.31. The van der Waals surface area contributed by atoms with Crippen LogP contribution in [-0.2, 0) is 0 Å². The van der Waals surface area contributed by atoms with Gasteiger partial charge in [-0.25, -0.2) is 10.8 Å². The average Bonchev–Trinajstić information content (AvgIpc) is 2.85. The molecule has 0 saturated heterocycles. The first kappa shape index (κ1) is 13.4. The predicted octanol–water partition coefficient (Wildman–Crippen LogP) is 0.243. The Bertz CT molecular complexity index is 469. The number of aliphatic hydroxyl groups is 1. The van der Waals surface area contributed by atoms with Gasteiger partial charge in [-0.15, -0.1) is 0 Å². The molecule has 9 heteroatoms. The molecule has 1 aromatic rings. The lowest BCUT2D eigenvalue weighted by atomic mass is 10.1. The van der Waals surface area contributed by atoms with Gasteiger partial charge in [0.2, 0.25) is 11.8 Å². The summed E-state index contributed by atoms with van der Waals surface area (Å²) in [4.78, 5) is 18.1. The summed E-state index contributed by atoms with van der Waals surface area (Å²) >= 11 is 0. The topological polar surface area (TPSA) is 139 Å². The van der Waals surface area contributed by atoms with Gasteiger partial charge in [-0.05, 0) is 12.8 Å². The molecule has 0 amide bonds. The Labute approximate surface area is 109 Å². The van der Waals surface area contributed by atoms with Gasteiger partial charge in [-0.2, -0.15) is 4.98 Å². The quantitative estimate of drug-likeness (QED) is 0.338. The van der Waals surface area contributed by atoms with Crippen LogP contribution < -0.4 is 16.6 Å². The van der Waals surface area contributed by atoms with E-state index in [0.717, 1.165) is 25.5 Å². The van der Waals surface area contributed by atoms with Crippen LogP contribution >= 0.6 is 0 Å². The van der Waals surface area contributed by atoms with Crippen molar-refractivity contribution in [2.75, 3.05) is 17.3 Å². The SMILES string of the molecule is NNc1ncc([N+](=O)[O-])c(NC2CCCC2CO)n1. The molecule has 2 unspecified atom stereocenters. The Morgan fingerprint density at radius 2 is 2.37 bits per heavy atom. The number of hydrazine groups is 1. The first-order chi connectivity index (χ1) is 9.15. The van der Waals surface area contributed by atoms with Crippen LogP contribution in [0.15, 0.2) is 6.20 Å². The number of aliphatic hydroxyl groups excluding tert-OH is 1. The third kappa shape index (κ3) is 2.88. The molecule has 1 saturated carbocycles. The van der Waals surface area contributed by atoms with Crippen molar-refractivity contribution in [1.29, 1.82) is 0 Å². The molecule has 0 radical (unpaired) electrons. The molecule has 2 atom stereocenters. The molecule has 0 aliphatic heterocycles. The van der Waals surface area contributed by atoms with E-state index in [1.807, 2.05) is 0 Å². The highest BCUT2D eigenvalue weighted by Gasteiger charge is 2.29. The fraction of sp³-hybridized carbons (Fsp3) is 0.600. The maximum absolute atomic E-state index is 10.9. The lowest BCUT2D eigenvalue weighted by Gasteiger charge is -2.19. The summed E-state index contributed by atoms with van der Waals surface area (Å²) in [5, 5.41) is 23.2. The maximum atomic E-state index is 10.9. The van der Waals surface area contributed by atoms with Crippen molar-refractivity contribution in [1.82, 2.24) is 9.97 Å². The molecular formula is C10H16N6O3. The number of nitrogen functional groups attached to an aromatic ring is 1. The zero-order chi connectivity index (χ0) is 13.8. The summed E-state index contributed by atoms with van der Waals surface area (Å²) in [5.74, 6) is 5.51. The number of rotatable bonds is 5. The molecule has 1 fully saturated rings. The highest BCUT2D eigenvalue weighted by Crippen LogP contribution is 2.30. The van der Waals surface area contributed by atoms with Crippen LogP contribution in [0.4, 0.5) is 17.5 Å². The van der Waals surface area contributed by atoms with Crippen LogP contribution in [0.5, 0.6) is 0 Å². The number of hydrogen-bond acceptors (Lipinski definition) is 8. The van der Waals surface area contributed by atoms with Gasteiger partial charge in [0.25, 0.3) is 0 Å². The third-order valence-electron chi connectivity index (χ3n) is 3.31. The van der Waals surface area contributed by atoms with Crippen LogP contribution in [-0.4, -0.2) is 32.6 Å². The number of aromatic nitrogens is 2. The van der Waals surface area contributed by atoms with Gasteiger partial charge >= 0.3 is 5.69 Å². The number of nitrogens with one attached hydrogen (secondary N) is 2. The summed E-state index contributed by atoms with van der Waals surface area (Å²) in [7, 11) is 0. The van der Waals surface area contributed by atoms with E-state index in [-0.39, 0.29) is 36.0 Å². The summed E-state index contributed by atoms with van der Waals surface area (Å²) < 4.78 is 0. The maximum Gasteiger partial charge on any atom is 0.329 e. The minimum absolute atomic E-state index is 0.0239. The molecule has 1 heterocycles. The second-order valence-corrected chi connectivity index (χ2v) is 4.45. The second kappa shape index (κ2) is 5.76. The molecule has 104 valence electrons. The van der Waals surface area contributed by atoms with Crippen molar-refractivity contribution in [3.8, 4) is 0 Å². The molecule has 0 bridgehead atoms. The van der Waals surface area contributed by atoms with Gasteiger partial charge in [0.1, 0.15) is 6.20 Å². The number of anilines is 2. The molecule has 0 spiro atoms. The van der Waals surface area contributed by atoms with Crippen molar-refractivity contribution in [3.05, 3.63) is 16.3 Å².